The molecule has 3 aromatic carbocycles. The van der Waals surface area contributed by atoms with Gasteiger partial charge >= 0.3 is 0 Å². The molecule has 0 saturated carbocycles. The maximum Gasteiger partial charge on any atom is 0.224 e. The van der Waals surface area contributed by atoms with Gasteiger partial charge in [0.25, 0.3) is 0 Å². The molecule has 3 atom stereocenters. The van der Waals surface area contributed by atoms with Gasteiger partial charge < -0.3 is 42.0 Å². The van der Waals surface area contributed by atoms with Crippen LogP contribution in [0.1, 0.15) is 44.2 Å². The molecule has 0 bridgehead atoms. The lowest BCUT2D eigenvalue weighted by Crippen LogP contribution is -2.56. The molecule has 0 saturated heterocycles. The lowest BCUT2D eigenvalue weighted by atomic mass is 9.99. The fraction of sp³-hybridized carbons (Fsp3) is 0.323. The molecular formula is C31H37ClN6O5. The second-order valence-corrected chi connectivity index (χ2v) is 10.6. The number of benzodiazepines with no additional fused rings is 1. The number of fused-ring (bicyclic) bond motifs is 1. The number of carbonyl (C=O) groups is 2. The van der Waals surface area contributed by atoms with Crippen LogP contribution in [0.5, 0.6) is 17.2 Å². The van der Waals surface area contributed by atoms with Crippen LogP contribution in [0.15, 0.2) is 65.7 Å². The van der Waals surface area contributed by atoms with Crippen LogP contribution in [0.4, 0.5) is 11.4 Å². The quantitative estimate of drug-likeness (QED) is 0.141. The Bertz CT molecular complexity index is 1480. The highest BCUT2D eigenvalue weighted by Gasteiger charge is 2.34. The van der Waals surface area contributed by atoms with Crippen LogP contribution in [0.25, 0.3) is 0 Å². The predicted octanol–water partition coefficient (Wildman–Crippen LogP) is 3.69. The third kappa shape index (κ3) is 7.75. The summed E-state index contributed by atoms with van der Waals surface area (Å²) in [6.45, 7) is 4.41. The van der Waals surface area contributed by atoms with Crippen LogP contribution in [0.2, 0.25) is 5.02 Å². The lowest BCUT2D eigenvalue weighted by molar-refractivity contribution is -0.121. The zero-order valence-electron chi connectivity index (χ0n) is 24.1. The van der Waals surface area contributed by atoms with Gasteiger partial charge in [-0.05, 0) is 62.7 Å². The first kappa shape index (κ1) is 31.6. The van der Waals surface area contributed by atoms with Crippen molar-refractivity contribution in [2.45, 2.75) is 51.5 Å². The zero-order chi connectivity index (χ0) is 31.1. The number of benzene rings is 3. The first-order chi connectivity index (χ1) is 20.6. The molecule has 12 heteroatoms. The molecule has 0 fully saturated rings. The van der Waals surface area contributed by atoms with E-state index in [4.69, 9.17) is 32.8 Å². The Hall–Kier alpha value is -4.32. The van der Waals surface area contributed by atoms with Crippen molar-refractivity contribution >= 4 is 40.5 Å². The Labute approximate surface area is 255 Å². The van der Waals surface area contributed by atoms with E-state index in [2.05, 4.69) is 10.6 Å². The van der Waals surface area contributed by atoms with Crippen molar-refractivity contribution in [3.05, 3.63) is 76.8 Å². The first-order valence-corrected chi connectivity index (χ1v) is 14.4. The van der Waals surface area contributed by atoms with Crippen molar-refractivity contribution in [3.63, 3.8) is 0 Å². The Balaban J connectivity index is 1.58. The van der Waals surface area contributed by atoms with E-state index >= 15 is 0 Å². The van der Waals surface area contributed by atoms with E-state index in [0.717, 1.165) is 16.8 Å². The molecule has 4 rings (SSSR count). The number of nitrogens with zero attached hydrogens (tertiary/aromatic N) is 2. The van der Waals surface area contributed by atoms with Crippen molar-refractivity contribution in [3.8, 4) is 17.2 Å². The molecule has 0 spiro atoms. The minimum absolute atomic E-state index is 0.0785. The number of hydrogen-bond donors (Lipinski definition) is 6. The number of aliphatic imine (C=N–C) groups is 1. The number of aromatic hydroxyl groups is 2. The van der Waals surface area contributed by atoms with Gasteiger partial charge in [-0.15, -0.1) is 0 Å². The van der Waals surface area contributed by atoms with E-state index in [1.54, 1.807) is 18.2 Å². The summed E-state index contributed by atoms with van der Waals surface area (Å²) in [4.78, 5) is 31.9. The molecule has 11 nitrogen and oxygen atoms in total. The number of hydrogen-bond acceptors (Lipinski definition) is 9. The molecular weight excluding hydrogens is 572 g/mol. The minimum Gasteiger partial charge on any atom is -0.504 e. The second kappa shape index (κ2) is 14.2. The van der Waals surface area contributed by atoms with Gasteiger partial charge in [0.2, 0.25) is 11.8 Å². The number of amides is 2. The number of nitrogens with one attached hydrogen (secondary N) is 2. The van der Waals surface area contributed by atoms with Gasteiger partial charge in [-0.2, -0.15) is 0 Å². The Morgan fingerprint density at radius 3 is 2.56 bits per heavy atom. The average molecular weight is 609 g/mol. The highest BCUT2D eigenvalue weighted by molar-refractivity contribution is 6.30. The molecule has 43 heavy (non-hydrogen) atoms. The van der Waals surface area contributed by atoms with Gasteiger partial charge in [0.15, 0.2) is 11.5 Å². The lowest BCUT2D eigenvalue weighted by Gasteiger charge is -2.36. The minimum atomic E-state index is -0.678. The van der Waals surface area contributed by atoms with Crippen LogP contribution in [0.3, 0.4) is 0 Å². The number of anilines is 2. The number of carbonyl (C=O) groups excluding carboxylic acids is 2. The fourth-order valence-corrected chi connectivity index (χ4v) is 5.03. The molecule has 228 valence electrons. The van der Waals surface area contributed by atoms with Crippen LogP contribution in [-0.2, 0) is 9.59 Å². The average Bonchev–Trinajstić information content (AvgIpc) is 3.08. The highest BCUT2D eigenvalue weighted by atomic mass is 35.5. The SMILES string of the molecule is CCNC(=O)C[C@@H]1N=C(c2ccc(Cl)cc2)c2cc(OCCCC(=O)Nc3cccc(O)c3O)ccc2N(C(C)N)C1N. The van der Waals surface area contributed by atoms with E-state index in [9.17, 15) is 19.8 Å². The van der Waals surface area contributed by atoms with Crippen LogP contribution < -0.4 is 31.7 Å². The summed E-state index contributed by atoms with van der Waals surface area (Å²) in [7, 11) is 0. The molecule has 2 amide bonds. The van der Waals surface area contributed by atoms with E-state index in [0.29, 0.717) is 29.4 Å². The Kier molecular flexibility index (Phi) is 10.5. The molecule has 0 radical (unpaired) electrons. The van der Waals surface area contributed by atoms with Crippen LogP contribution in [0, 0.1) is 0 Å². The van der Waals surface area contributed by atoms with Gasteiger partial charge in [0.05, 0.1) is 36.6 Å². The summed E-state index contributed by atoms with van der Waals surface area (Å²) in [5.41, 5.74) is 16.1. The molecule has 8 N–H and O–H groups in total. The number of phenols is 2. The maximum absolute atomic E-state index is 12.6. The van der Waals surface area contributed by atoms with Gasteiger partial charge in [-0.1, -0.05) is 29.8 Å². The van der Waals surface area contributed by atoms with Gasteiger partial charge in [-0.3, -0.25) is 14.6 Å². The normalized spacial score (nSPS) is 16.9. The van der Waals surface area contributed by atoms with Crippen molar-refractivity contribution in [2.75, 3.05) is 23.4 Å². The summed E-state index contributed by atoms with van der Waals surface area (Å²) in [5, 5.41) is 25.5. The molecule has 1 aliphatic rings. The zero-order valence-corrected chi connectivity index (χ0v) is 24.8. The summed E-state index contributed by atoms with van der Waals surface area (Å²) < 4.78 is 6.01. The van der Waals surface area contributed by atoms with Crippen LogP contribution >= 0.6 is 11.6 Å². The van der Waals surface area contributed by atoms with E-state index < -0.39 is 18.4 Å². The van der Waals surface area contributed by atoms with Gasteiger partial charge in [-0.25, -0.2) is 0 Å². The molecule has 1 heterocycles. The summed E-state index contributed by atoms with van der Waals surface area (Å²) in [6, 6.07) is 16.5. The second-order valence-electron chi connectivity index (χ2n) is 10.2. The van der Waals surface area contributed by atoms with Crippen LogP contribution in [-0.4, -0.2) is 59.3 Å². The standard InChI is InChI=1S/C31H37ClN6O5/c1-3-35-28(41)17-24-31(34)38(18(2)33)25-14-13-21(16-22(25)29(37-24)19-9-11-20(32)12-10-19)43-15-5-8-27(40)36-23-6-4-7-26(39)30(23)42/h4,6-7,9-14,16,18,24,31,39,42H,3,5,8,15,17,33-34H2,1-2H3,(H,35,41)(H,36,40)/t18?,24-,31?/m0/s1. The number of ether oxygens (including phenoxy) is 1. The fourth-order valence-electron chi connectivity index (χ4n) is 4.90. The van der Waals surface area contributed by atoms with Gasteiger partial charge in [0, 0.05) is 34.8 Å². The number of rotatable bonds is 11. The number of nitrogens with two attached hydrogens (primary N) is 2. The number of para-hydroxylation sites is 1. The van der Waals surface area contributed by atoms with Gasteiger partial charge in [0.1, 0.15) is 11.9 Å². The Morgan fingerprint density at radius 1 is 1.12 bits per heavy atom. The largest absolute Gasteiger partial charge is 0.504 e. The summed E-state index contributed by atoms with van der Waals surface area (Å²) in [5.74, 6) is -0.644. The summed E-state index contributed by atoms with van der Waals surface area (Å²) in [6.07, 6.45) is -0.558. The molecule has 2 unspecified atom stereocenters. The molecule has 1 aliphatic heterocycles. The molecule has 0 aromatic heterocycles. The monoisotopic (exact) mass is 608 g/mol. The first-order valence-electron chi connectivity index (χ1n) is 14.1. The third-order valence-corrected chi connectivity index (χ3v) is 7.19. The van der Waals surface area contributed by atoms with Crippen molar-refractivity contribution in [2.24, 2.45) is 16.5 Å². The number of phenolic OH excluding ortho intramolecular Hbond substituents is 2. The maximum atomic E-state index is 12.6. The Morgan fingerprint density at radius 2 is 1.86 bits per heavy atom. The molecule has 3 aromatic rings. The van der Waals surface area contributed by atoms with Crippen molar-refractivity contribution < 1.29 is 24.5 Å². The number of halogens is 1. The van der Waals surface area contributed by atoms with E-state index in [1.165, 1.54) is 18.2 Å². The van der Waals surface area contributed by atoms with Crippen molar-refractivity contribution in [1.29, 1.82) is 0 Å². The van der Waals surface area contributed by atoms with Crippen molar-refractivity contribution in [1.82, 2.24) is 5.32 Å². The van der Waals surface area contributed by atoms with E-state index in [1.807, 2.05) is 43.0 Å². The van der Waals surface area contributed by atoms with E-state index in [-0.39, 0.29) is 48.4 Å². The topological polar surface area (TPSA) is 176 Å². The smallest absolute Gasteiger partial charge is 0.224 e. The highest BCUT2D eigenvalue weighted by Crippen LogP contribution is 2.35. The summed E-state index contributed by atoms with van der Waals surface area (Å²) >= 11 is 6.17. The molecule has 0 aliphatic carbocycles. The third-order valence-electron chi connectivity index (χ3n) is 6.94. The predicted molar refractivity (Wildman–Crippen MR) is 168 cm³/mol.